The lowest BCUT2D eigenvalue weighted by Gasteiger charge is -2.49. The normalized spacial score (nSPS) is 14.8. The van der Waals surface area contributed by atoms with Gasteiger partial charge in [0, 0.05) is 25.0 Å². The molecule has 0 rings (SSSR count). The molecule has 0 saturated heterocycles. The first-order valence-electron chi connectivity index (χ1n) is 11.6. The van der Waals surface area contributed by atoms with Gasteiger partial charge in [-0.3, -0.25) is 0 Å². The van der Waals surface area contributed by atoms with E-state index in [2.05, 4.69) is 53.7 Å². The molecule has 0 aliphatic rings. The highest BCUT2D eigenvalue weighted by atomic mass is 16.7. The van der Waals surface area contributed by atoms with Gasteiger partial charge in [0.25, 0.3) is 0 Å². The van der Waals surface area contributed by atoms with Crippen molar-refractivity contribution in [1.29, 1.82) is 0 Å². The summed E-state index contributed by atoms with van der Waals surface area (Å²) < 4.78 is 12.9. The standard InChI is InChI=1S/C24H48O2/c1-7-13-15-16-17-18-22-23(19-9-3,21-14-8-2)24(20-10-4,25-11-5)26-12-6/h14,21H,7-13,15-20,22H2,1-6H3. The predicted octanol–water partition coefficient (Wildman–Crippen LogP) is 8.06. The maximum Gasteiger partial charge on any atom is 0.177 e. The van der Waals surface area contributed by atoms with Crippen molar-refractivity contribution in [3.63, 3.8) is 0 Å². The number of ether oxygens (including phenoxy) is 2. The van der Waals surface area contributed by atoms with Gasteiger partial charge < -0.3 is 9.47 Å². The minimum atomic E-state index is -0.476. The summed E-state index contributed by atoms with van der Waals surface area (Å²) in [6, 6.07) is 0. The van der Waals surface area contributed by atoms with E-state index >= 15 is 0 Å². The zero-order chi connectivity index (χ0) is 19.7. The van der Waals surface area contributed by atoms with E-state index in [1.807, 2.05) is 0 Å². The molecule has 0 aromatic heterocycles. The molecular formula is C24H48O2. The Labute approximate surface area is 165 Å². The van der Waals surface area contributed by atoms with Crippen LogP contribution >= 0.6 is 0 Å². The first-order valence-corrected chi connectivity index (χ1v) is 11.6. The van der Waals surface area contributed by atoms with Gasteiger partial charge in [0.1, 0.15) is 0 Å². The Kier molecular flexibility index (Phi) is 15.5. The zero-order valence-corrected chi connectivity index (χ0v) is 18.9. The minimum Gasteiger partial charge on any atom is -0.349 e. The lowest BCUT2D eigenvalue weighted by Crippen LogP contribution is -2.52. The molecular weight excluding hydrogens is 320 g/mol. The maximum atomic E-state index is 6.45. The number of unbranched alkanes of at least 4 members (excludes halogenated alkanes) is 5. The van der Waals surface area contributed by atoms with Crippen molar-refractivity contribution in [2.45, 2.75) is 124 Å². The highest BCUT2D eigenvalue weighted by molar-refractivity contribution is 5.08. The van der Waals surface area contributed by atoms with E-state index in [0.717, 1.165) is 32.1 Å². The second kappa shape index (κ2) is 15.7. The molecule has 0 amide bonds. The van der Waals surface area contributed by atoms with Gasteiger partial charge in [0.05, 0.1) is 0 Å². The van der Waals surface area contributed by atoms with Crippen molar-refractivity contribution >= 4 is 0 Å². The molecule has 0 aromatic carbocycles. The van der Waals surface area contributed by atoms with Gasteiger partial charge in [0.2, 0.25) is 0 Å². The van der Waals surface area contributed by atoms with Crippen molar-refractivity contribution in [1.82, 2.24) is 0 Å². The minimum absolute atomic E-state index is 0.00938. The van der Waals surface area contributed by atoms with Crippen LogP contribution in [0.1, 0.15) is 119 Å². The van der Waals surface area contributed by atoms with Gasteiger partial charge >= 0.3 is 0 Å². The average Bonchev–Trinajstić information content (AvgIpc) is 2.63. The van der Waals surface area contributed by atoms with Crippen LogP contribution in [0.15, 0.2) is 12.2 Å². The molecule has 0 aliphatic heterocycles. The van der Waals surface area contributed by atoms with Crippen LogP contribution in [0, 0.1) is 5.41 Å². The third-order valence-electron chi connectivity index (χ3n) is 5.44. The maximum absolute atomic E-state index is 6.45. The molecule has 0 bridgehead atoms. The molecule has 26 heavy (non-hydrogen) atoms. The Morgan fingerprint density at radius 1 is 0.615 bits per heavy atom. The summed E-state index contributed by atoms with van der Waals surface area (Å²) in [7, 11) is 0. The zero-order valence-electron chi connectivity index (χ0n) is 18.9. The van der Waals surface area contributed by atoms with Crippen LogP contribution in [-0.4, -0.2) is 19.0 Å². The molecule has 0 saturated carbocycles. The summed E-state index contributed by atoms with van der Waals surface area (Å²) in [5.74, 6) is -0.476. The van der Waals surface area contributed by atoms with Crippen LogP contribution in [0.2, 0.25) is 0 Å². The molecule has 0 aromatic rings. The Morgan fingerprint density at radius 2 is 1.19 bits per heavy atom. The van der Waals surface area contributed by atoms with Gasteiger partial charge in [-0.05, 0) is 33.1 Å². The van der Waals surface area contributed by atoms with Crippen LogP contribution in [-0.2, 0) is 9.47 Å². The van der Waals surface area contributed by atoms with Crippen molar-refractivity contribution in [3.05, 3.63) is 12.2 Å². The molecule has 0 spiro atoms. The second-order valence-electron chi connectivity index (χ2n) is 7.60. The van der Waals surface area contributed by atoms with Crippen molar-refractivity contribution in [2.24, 2.45) is 5.41 Å². The largest absolute Gasteiger partial charge is 0.349 e. The van der Waals surface area contributed by atoms with Gasteiger partial charge in [-0.15, -0.1) is 0 Å². The monoisotopic (exact) mass is 368 g/mol. The van der Waals surface area contributed by atoms with Gasteiger partial charge in [-0.1, -0.05) is 91.2 Å². The van der Waals surface area contributed by atoms with E-state index in [0.29, 0.717) is 13.2 Å². The fourth-order valence-electron chi connectivity index (χ4n) is 4.33. The van der Waals surface area contributed by atoms with Crippen molar-refractivity contribution in [3.8, 4) is 0 Å². The van der Waals surface area contributed by atoms with Crippen LogP contribution in [0.25, 0.3) is 0 Å². The summed E-state index contributed by atoms with van der Waals surface area (Å²) in [4.78, 5) is 0. The Bertz CT molecular complexity index is 320. The van der Waals surface area contributed by atoms with Crippen molar-refractivity contribution in [2.75, 3.05) is 13.2 Å². The van der Waals surface area contributed by atoms with E-state index < -0.39 is 5.79 Å². The number of rotatable bonds is 18. The molecule has 2 heteroatoms. The van der Waals surface area contributed by atoms with E-state index in [1.54, 1.807) is 0 Å². The van der Waals surface area contributed by atoms with Crippen molar-refractivity contribution < 1.29 is 9.47 Å². The lowest BCUT2D eigenvalue weighted by molar-refractivity contribution is -0.292. The molecule has 0 fully saturated rings. The molecule has 0 radical (unpaired) electrons. The lowest BCUT2D eigenvalue weighted by atomic mass is 9.69. The highest BCUT2D eigenvalue weighted by Crippen LogP contribution is 2.48. The first-order chi connectivity index (χ1) is 12.6. The van der Waals surface area contributed by atoms with E-state index in [-0.39, 0.29) is 5.41 Å². The number of hydrogen-bond acceptors (Lipinski definition) is 2. The fourth-order valence-corrected chi connectivity index (χ4v) is 4.33. The Balaban J connectivity index is 5.53. The van der Waals surface area contributed by atoms with Crippen LogP contribution in [0.5, 0.6) is 0 Å². The summed E-state index contributed by atoms with van der Waals surface area (Å²) in [6.07, 6.45) is 19.4. The summed E-state index contributed by atoms with van der Waals surface area (Å²) in [6.45, 7) is 14.7. The Morgan fingerprint density at radius 3 is 1.69 bits per heavy atom. The number of allylic oxidation sites excluding steroid dienone is 1. The van der Waals surface area contributed by atoms with Gasteiger partial charge in [0.15, 0.2) is 5.79 Å². The molecule has 0 heterocycles. The second-order valence-corrected chi connectivity index (χ2v) is 7.60. The van der Waals surface area contributed by atoms with E-state index in [9.17, 15) is 0 Å². The third-order valence-corrected chi connectivity index (χ3v) is 5.44. The summed E-state index contributed by atoms with van der Waals surface area (Å²) in [5.41, 5.74) is -0.00938. The van der Waals surface area contributed by atoms with Gasteiger partial charge in [-0.25, -0.2) is 0 Å². The highest BCUT2D eigenvalue weighted by Gasteiger charge is 2.50. The molecule has 1 unspecified atom stereocenters. The quantitative estimate of drug-likeness (QED) is 0.138. The Hall–Kier alpha value is -0.340. The molecule has 1 atom stereocenters. The first kappa shape index (κ1) is 25.7. The smallest absolute Gasteiger partial charge is 0.177 e. The SMILES string of the molecule is CCC=CC(CCC)(CCCCCCCC)C(CCC)(OCC)OCC. The molecule has 0 N–H and O–H groups in total. The molecule has 156 valence electrons. The van der Waals surface area contributed by atoms with Crippen LogP contribution < -0.4 is 0 Å². The van der Waals surface area contributed by atoms with Crippen LogP contribution in [0.4, 0.5) is 0 Å². The van der Waals surface area contributed by atoms with E-state index in [4.69, 9.17) is 9.47 Å². The molecule has 2 nitrogen and oxygen atoms in total. The topological polar surface area (TPSA) is 18.5 Å². The summed E-state index contributed by atoms with van der Waals surface area (Å²) >= 11 is 0. The fraction of sp³-hybridized carbons (Fsp3) is 0.917. The van der Waals surface area contributed by atoms with Crippen LogP contribution in [0.3, 0.4) is 0 Å². The average molecular weight is 369 g/mol. The summed E-state index contributed by atoms with van der Waals surface area (Å²) in [5, 5.41) is 0. The van der Waals surface area contributed by atoms with Gasteiger partial charge in [-0.2, -0.15) is 0 Å². The predicted molar refractivity (Wildman–Crippen MR) is 116 cm³/mol. The number of hydrogen-bond donors (Lipinski definition) is 0. The van der Waals surface area contributed by atoms with E-state index in [1.165, 1.54) is 44.9 Å². The molecule has 0 aliphatic carbocycles. The third kappa shape index (κ3) is 8.13.